The minimum absolute atomic E-state index is 0.635. The molecule has 0 saturated heterocycles. The number of aromatic nitrogens is 4. The highest BCUT2D eigenvalue weighted by Crippen LogP contribution is 2.27. The first kappa shape index (κ1) is 14.8. The lowest BCUT2D eigenvalue weighted by Crippen LogP contribution is -2.02. The van der Waals surface area contributed by atoms with Crippen LogP contribution in [0, 0.1) is 0 Å². The Morgan fingerprint density at radius 1 is 1.24 bits per heavy atom. The van der Waals surface area contributed by atoms with Gasteiger partial charge in [-0.3, -0.25) is 0 Å². The predicted octanol–water partition coefficient (Wildman–Crippen LogP) is 4.38. The van der Waals surface area contributed by atoms with Crippen LogP contribution < -0.4 is 0 Å². The van der Waals surface area contributed by atoms with E-state index >= 15 is 0 Å². The maximum Gasteiger partial charge on any atom is 0.209 e. The van der Waals surface area contributed by atoms with Crippen molar-refractivity contribution in [3.05, 3.63) is 56.2 Å². The number of hydrogen-bond acceptors (Lipinski definition) is 5. The molecule has 0 radical (unpaired) electrons. The van der Waals surface area contributed by atoms with E-state index in [1.54, 1.807) is 33.8 Å². The molecule has 0 aliphatic heterocycles. The summed E-state index contributed by atoms with van der Waals surface area (Å²) in [5.41, 5.74) is 1.01. The van der Waals surface area contributed by atoms with Crippen LogP contribution in [0.25, 0.3) is 0 Å². The molecule has 0 fully saturated rings. The van der Waals surface area contributed by atoms with Gasteiger partial charge in [0.15, 0.2) is 0 Å². The van der Waals surface area contributed by atoms with Crippen LogP contribution in [0.3, 0.4) is 0 Å². The third-order valence-electron chi connectivity index (χ3n) is 2.76. The van der Waals surface area contributed by atoms with Gasteiger partial charge in [-0.25, -0.2) is 4.68 Å². The summed E-state index contributed by atoms with van der Waals surface area (Å²) in [7, 11) is 0. The van der Waals surface area contributed by atoms with E-state index in [9.17, 15) is 0 Å². The predicted molar refractivity (Wildman–Crippen MR) is 87.3 cm³/mol. The number of thiophene rings is 1. The second-order valence-corrected chi connectivity index (χ2v) is 7.04. The normalized spacial score (nSPS) is 11.0. The summed E-state index contributed by atoms with van der Waals surface area (Å²) >= 11 is 15.3. The smallest absolute Gasteiger partial charge is 0.209 e. The lowest BCUT2D eigenvalue weighted by molar-refractivity contribution is 0.608. The minimum atomic E-state index is 0.635. The van der Waals surface area contributed by atoms with Crippen LogP contribution in [0.15, 0.2) is 40.9 Å². The van der Waals surface area contributed by atoms with E-state index in [2.05, 4.69) is 21.6 Å². The van der Waals surface area contributed by atoms with Gasteiger partial charge in [-0.15, -0.1) is 16.4 Å². The summed E-state index contributed by atoms with van der Waals surface area (Å²) in [6, 6.07) is 9.58. The van der Waals surface area contributed by atoms with Crippen molar-refractivity contribution >= 4 is 46.3 Å². The lowest BCUT2D eigenvalue weighted by Gasteiger charge is -2.05. The van der Waals surface area contributed by atoms with Crippen LogP contribution >= 0.6 is 46.3 Å². The van der Waals surface area contributed by atoms with Gasteiger partial charge in [0.1, 0.15) is 0 Å². The largest absolute Gasteiger partial charge is 0.215 e. The summed E-state index contributed by atoms with van der Waals surface area (Å²) in [6.07, 6.45) is 0. The van der Waals surface area contributed by atoms with E-state index in [4.69, 9.17) is 23.2 Å². The molecule has 3 aromatic rings. The molecule has 0 aliphatic carbocycles. The van der Waals surface area contributed by atoms with Gasteiger partial charge in [0.05, 0.1) is 6.54 Å². The zero-order valence-electron chi connectivity index (χ0n) is 10.7. The molecule has 8 heteroatoms. The molecule has 0 saturated carbocycles. The van der Waals surface area contributed by atoms with Gasteiger partial charge in [0.2, 0.25) is 5.16 Å². The van der Waals surface area contributed by atoms with Gasteiger partial charge in [-0.05, 0) is 39.6 Å². The zero-order valence-corrected chi connectivity index (χ0v) is 13.9. The van der Waals surface area contributed by atoms with Crippen molar-refractivity contribution < 1.29 is 0 Å². The fourth-order valence-electron chi connectivity index (χ4n) is 1.73. The number of halogens is 2. The topological polar surface area (TPSA) is 43.6 Å². The molecule has 4 nitrogen and oxygen atoms in total. The Hall–Kier alpha value is -1.08. The molecular weight excluding hydrogens is 347 g/mol. The van der Waals surface area contributed by atoms with Crippen LogP contribution in [-0.2, 0) is 12.3 Å². The highest BCUT2D eigenvalue weighted by molar-refractivity contribution is 7.98. The average molecular weight is 357 g/mol. The van der Waals surface area contributed by atoms with Crippen LogP contribution in [0.2, 0.25) is 10.0 Å². The van der Waals surface area contributed by atoms with E-state index in [-0.39, 0.29) is 0 Å². The van der Waals surface area contributed by atoms with Gasteiger partial charge in [0, 0.05) is 20.7 Å². The summed E-state index contributed by atoms with van der Waals surface area (Å²) in [5, 5.41) is 15.9. The molecule has 0 N–H and O–H groups in total. The third-order valence-corrected chi connectivity index (χ3v) is 5.21. The second-order valence-electron chi connectivity index (χ2n) is 4.22. The summed E-state index contributed by atoms with van der Waals surface area (Å²) in [4.78, 5) is 1.22. The molecule has 0 atom stereocenters. The van der Waals surface area contributed by atoms with Crippen molar-refractivity contribution in [3.63, 3.8) is 0 Å². The van der Waals surface area contributed by atoms with Crippen molar-refractivity contribution in [1.29, 1.82) is 0 Å². The van der Waals surface area contributed by atoms with Gasteiger partial charge in [-0.1, -0.05) is 47.1 Å². The number of hydrogen-bond donors (Lipinski definition) is 0. The Bertz CT molecular complexity index is 728. The summed E-state index contributed by atoms with van der Waals surface area (Å²) < 4.78 is 1.79. The number of thioether (sulfide) groups is 1. The highest BCUT2D eigenvalue weighted by atomic mass is 35.5. The number of benzene rings is 1. The van der Waals surface area contributed by atoms with E-state index in [0.717, 1.165) is 10.7 Å². The van der Waals surface area contributed by atoms with Gasteiger partial charge in [-0.2, -0.15) is 0 Å². The molecule has 108 valence electrons. The Balaban J connectivity index is 1.69. The van der Waals surface area contributed by atoms with Gasteiger partial charge in [0.25, 0.3) is 0 Å². The Morgan fingerprint density at radius 2 is 2.14 bits per heavy atom. The molecule has 0 aliphatic rings. The van der Waals surface area contributed by atoms with Crippen molar-refractivity contribution in [2.24, 2.45) is 0 Å². The zero-order chi connectivity index (χ0) is 14.7. The Labute approximate surface area is 140 Å². The molecule has 0 amide bonds. The molecular formula is C13H10Cl2N4S2. The maximum atomic E-state index is 6.17. The molecule has 1 aromatic carbocycles. The van der Waals surface area contributed by atoms with Crippen molar-refractivity contribution in [1.82, 2.24) is 20.2 Å². The standard InChI is InChI=1S/C13H10Cl2N4S2/c14-10-4-3-9(12(15)6-10)8-21-13-16-17-18-19(13)7-11-2-1-5-20-11/h1-6H,7-8H2. The molecule has 2 aromatic heterocycles. The van der Waals surface area contributed by atoms with E-state index in [0.29, 0.717) is 22.3 Å². The highest BCUT2D eigenvalue weighted by Gasteiger charge is 2.10. The average Bonchev–Trinajstić information content (AvgIpc) is 3.10. The van der Waals surface area contributed by atoms with Gasteiger partial charge >= 0.3 is 0 Å². The number of tetrazole rings is 1. The minimum Gasteiger partial charge on any atom is -0.215 e. The summed E-state index contributed by atoms with van der Waals surface area (Å²) in [5.74, 6) is 0.695. The second kappa shape index (κ2) is 6.79. The van der Waals surface area contributed by atoms with Crippen molar-refractivity contribution in [2.45, 2.75) is 17.5 Å². The number of nitrogens with zero attached hydrogens (tertiary/aromatic N) is 4. The fraction of sp³-hybridized carbons (Fsp3) is 0.154. The first-order valence-corrected chi connectivity index (χ1v) is 8.70. The van der Waals surface area contributed by atoms with E-state index in [1.165, 1.54) is 4.88 Å². The monoisotopic (exact) mass is 356 g/mol. The number of rotatable bonds is 5. The van der Waals surface area contributed by atoms with Crippen LogP contribution in [0.1, 0.15) is 10.4 Å². The van der Waals surface area contributed by atoms with Crippen LogP contribution in [0.5, 0.6) is 0 Å². The van der Waals surface area contributed by atoms with E-state index in [1.807, 2.05) is 23.6 Å². The molecule has 0 bridgehead atoms. The molecule has 2 heterocycles. The van der Waals surface area contributed by atoms with Crippen molar-refractivity contribution in [3.8, 4) is 0 Å². The lowest BCUT2D eigenvalue weighted by atomic mass is 10.2. The first-order valence-electron chi connectivity index (χ1n) is 6.07. The Kier molecular flexibility index (Phi) is 4.80. The quantitative estimate of drug-likeness (QED) is 0.636. The van der Waals surface area contributed by atoms with Crippen molar-refractivity contribution in [2.75, 3.05) is 0 Å². The van der Waals surface area contributed by atoms with Crippen LogP contribution in [-0.4, -0.2) is 20.2 Å². The fourth-order valence-corrected chi connectivity index (χ4v) is 3.85. The first-order chi connectivity index (χ1) is 10.2. The SMILES string of the molecule is Clc1ccc(CSc2nnnn2Cc2cccs2)c(Cl)c1. The van der Waals surface area contributed by atoms with E-state index < -0.39 is 0 Å². The molecule has 21 heavy (non-hydrogen) atoms. The Morgan fingerprint density at radius 3 is 2.90 bits per heavy atom. The molecule has 0 spiro atoms. The van der Waals surface area contributed by atoms with Crippen LogP contribution in [0.4, 0.5) is 0 Å². The third kappa shape index (κ3) is 3.77. The maximum absolute atomic E-state index is 6.17. The van der Waals surface area contributed by atoms with Gasteiger partial charge < -0.3 is 0 Å². The summed E-state index contributed by atoms with van der Waals surface area (Å²) in [6.45, 7) is 0.682. The molecule has 0 unspecified atom stereocenters. The molecule has 3 rings (SSSR count).